The second-order valence-corrected chi connectivity index (χ2v) is 9.81. The molecule has 1 saturated heterocycles. The van der Waals surface area contributed by atoms with Crippen LogP contribution in [0, 0.1) is 0 Å². The van der Waals surface area contributed by atoms with Crippen molar-refractivity contribution in [1.29, 1.82) is 0 Å². The third kappa shape index (κ3) is 33.0. The number of ether oxygens (including phenoxy) is 1. The molecular weight excluding hydrogens is 548 g/mol. The molecule has 1 fully saturated rings. The van der Waals surface area contributed by atoms with Gasteiger partial charge in [0.2, 0.25) is 0 Å². The molecule has 5 nitrogen and oxygen atoms in total. The van der Waals surface area contributed by atoms with Crippen LogP contribution in [0.1, 0.15) is 65.2 Å². The molecule has 0 saturated carbocycles. The summed E-state index contributed by atoms with van der Waals surface area (Å²) < 4.78 is 6.23. The molecule has 12 heteroatoms. The topological polar surface area (TPSA) is 53.1 Å². The number of hydrogen-bond acceptors (Lipinski definition) is 7. The molecule has 0 unspecified atom stereocenters. The Kier molecular flexibility index (Phi) is 33.8. The second kappa shape index (κ2) is 28.8. The Morgan fingerprint density at radius 2 is 1.16 bits per heavy atom. The molecule has 0 bridgehead atoms. The average molecular weight is 586 g/mol. The first kappa shape index (κ1) is 36.3. The van der Waals surface area contributed by atoms with Crippen molar-refractivity contribution >= 4 is 87.5 Å². The van der Waals surface area contributed by atoms with Crippen molar-refractivity contribution in [1.82, 2.24) is 15.5 Å². The SMILES string of the molecule is C1[NH2+]CO1.CCCCN(CCCC)C(=S)[S-].S=C([S-])NCCCCCCNC(=S)[S-].[Mn+2]. The summed E-state index contributed by atoms with van der Waals surface area (Å²) >= 11 is 28.8. The van der Waals surface area contributed by atoms with Crippen LogP contribution >= 0.6 is 36.7 Å². The van der Waals surface area contributed by atoms with Crippen molar-refractivity contribution in [3.8, 4) is 0 Å². The predicted octanol–water partition coefficient (Wildman–Crippen LogP) is 2.60. The summed E-state index contributed by atoms with van der Waals surface area (Å²) in [5, 5.41) is 7.98. The molecule has 0 aliphatic carbocycles. The fourth-order valence-electron chi connectivity index (χ4n) is 2.09. The Labute approximate surface area is 233 Å². The number of nitrogens with zero attached hydrogens (tertiary/aromatic N) is 1. The zero-order chi connectivity index (χ0) is 23.0. The van der Waals surface area contributed by atoms with Crippen LogP contribution in [0.25, 0.3) is 0 Å². The Morgan fingerprint density at radius 1 is 0.806 bits per heavy atom. The van der Waals surface area contributed by atoms with Crippen LogP contribution in [0.5, 0.6) is 0 Å². The summed E-state index contributed by atoms with van der Waals surface area (Å²) in [6.45, 7) is 9.97. The van der Waals surface area contributed by atoms with E-state index in [4.69, 9.17) is 74.5 Å². The van der Waals surface area contributed by atoms with Crippen molar-refractivity contribution < 1.29 is 27.1 Å². The monoisotopic (exact) mass is 585 g/mol. The molecule has 0 atom stereocenters. The third-order valence-electron chi connectivity index (χ3n) is 3.94. The summed E-state index contributed by atoms with van der Waals surface area (Å²) in [6.07, 6.45) is 9.37. The van der Waals surface area contributed by atoms with Crippen LogP contribution in [0.3, 0.4) is 0 Å². The number of hydrogen-bond donors (Lipinski definition) is 3. The van der Waals surface area contributed by atoms with Crippen LogP contribution in [0.15, 0.2) is 0 Å². The van der Waals surface area contributed by atoms with Gasteiger partial charge < -0.3 is 95.4 Å². The van der Waals surface area contributed by atoms with Gasteiger partial charge in [0.25, 0.3) is 0 Å². The predicted molar refractivity (Wildman–Crippen MR) is 148 cm³/mol. The zero-order valence-electron chi connectivity index (χ0n) is 18.7. The maximum absolute atomic E-state index is 4.98. The van der Waals surface area contributed by atoms with Gasteiger partial charge in [0.05, 0.1) is 0 Å². The second-order valence-electron chi connectivity index (χ2n) is 6.63. The number of nitrogens with one attached hydrogen (secondary N) is 2. The molecule has 1 aliphatic rings. The summed E-state index contributed by atoms with van der Waals surface area (Å²) in [6, 6.07) is 0. The van der Waals surface area contributed by atoms with Crippen LogP contribution in [-0.4, -0.2) is 57.5 Å². The van der Waals surface area contributed by atoms with Gasteiger partial charge in [-0.25, -0.2) is 0 Å². The molecule has 1 rings (SSSR count). The minimum Gasteiger partial charge on any atom is -0.412 e. The first-order valence-electron chi connectivity index (χ1n) is 10.6. The Balaban J connectivity index is -0.000000418. The van der Waals surface area contributed by atoms with Gasteiger partial charge in [-0.15, -0.1) is 0 Å². The quantitative estimate of drug-likeness (QED) is 0.130. The Morgan fingerprint density at radius 3 is 1.39 bits per heavy atom. The molecule has 1 heterocycles. The molecule has 31 heavy (non-hydrogen) atoms. The average Bonchev–Trinajstić information content (AvgIpc) is 2.62. The van der Waals surface area contributed by atoms with Gasteiger partial charge in [0.1, 0.15) is 0 Å². The van der Waals surface area contributed by atoms with Gasteiger partial charge in [-0.1, -0.05) is 52.5 Å². The minimum atomic E-state index is 0. The van der Waals surface area contributed by atoms with Crippen molar-refractivity contribution in [3.63, 3.8) is 0 Å². The molecule has 183 valence electrons. The van der Waals surface area contributed by atoms with E-state index < -0.39 is 0 Å². The molecule has 4 N–H and O–H groups in total. The van der Waals surface area contributed by atoms with Crippen LogP contribution in [0.2, 0.25) is 0 Å². The van der Waals surface area contributed by atoms with E-state index in [0.717, 1.165) is 52.5 Å². The minimum absolute atomic E-state index is 0. The van der Waals surface area contributed by atoms with Crippen molar-refractivity contribution in [2.24, 2.45) is 0 Å². The summed E-state index contributed by atoms with van der Waals surface area (Å²) in [7, 11) is 0. The Bertz CT molecular complexity index is 414. The molecule has 0 spiro atoms. The van der Waals surface area contributed by atoms with Gasteiger partial charge in [0.15, 0.2) is 13.5 Å². The van der Waals surface area contributed by atoms with Gasteiger partial charge in [-0.3, -0.25) is 4.74 Å². The largest absolute Gasteiger partial charge is 2.00 e. The molecule has 0 aromatic carbocycles. The fourth-order valence-corrected chi connectivity index (χ4v) is 2.87. The van der Waals surface area contributed by atoms with Crippen molar-refractivity contribution in [2.45, 2.75) is 65.2 Å². The van der Waals surface area contributed by atoms with E-state index in [1.54, 1.807) is 0 Å². The van der Waals surface area contributed by atoms with E-state index in [1.165, 1.54) is 38.5 Å². The van der Waals surface area contributed by atoms with Crippen LogP contribution in [0.4, 0.5) is 0 Å². The third-order valence-corrected chi connectivity index (χ3v) is 5.03. The fraction of sp³-hybridized carbons (Fsp3) is 0.842. The molecular formula is C19H38MnN4OS6. The van der Waals surface area contributed by atoms with Gasteiger partial charge in [-0.05, 0) is 25.7 Å². The van der Waals surface area contributed by atoms with Gasteiger partial charge in [-0.2, -0.15) is 0 Å². The van der Waals surface area contributed by atoms with E-state index in [0.29, 0.717) is 13.0 Å². The van der Waals surface area contributed by atoms with Crippen molar-refractivity contribution in [3.05, 3.63) is 0 Å². The first-order valence-corrected chi connectivity index (χ1v) is 13.0. The molecule has 0 aromatic heterocycles. The summed E-state index contributed by atoms with van der Waals surface area (Å²) in [5.74, 6) is 0. The molecule has 1 radical (unpaired) electrons. The number of thiocarbonyl (C=S) groups is 3. The summed E-state index contributed by atoms with van der Waals surface area (Å²) in [4.78, 5) is 2.14. The maximum Gasteiger partial charge on any atom is 2.00 e. The van der Waals surface area contributed by atoms with Gasteiger partial charge >= 0.3 is 17.1 Å². The molecule has 1 aliphatic heterocycles. The normalized spacial score (nSPS) is 11.2. The van der Waals surface area contributed by atoms with Crippen molar-refractivity contribution in [2.75, 3.05) is 39.6 Å². The van der Waals surface area contributed by atoms with Crippen LogP contribution < -0.4 is 16.0 Å². The molecule has 0 amide bonds. The van der Waals surface area contributed by atoms with E-state index in [9.17, 15) is 0 Å². The number of quaternary nitrogens is 1. The number of unbranched alkanes of at least 4 members (excludes halogenated alkanes) is 5. The van der Waals surface area contributed by atoms with E-state index in [-0.39, 0.29) is 17.1 Å². The summed E-state index contributed by atoms with van der Waals surface area (Å²) in [5.41, 5.74) is 0. The van der Waals surface area contributed by atoms with E-state index >= 15 is 0 Å². The maximum atomic E-state index is 4.98. The zero-order valence-corrected chi connectivity index (χ0v) is 24.7. The number of nitrogens with two attached hydrogens (primary N) is 1. The van der Waals surface area contributed by atoms with Crippen LogP contribution in [-0.2, 0) is 59.7 Å². The smallest absolute Gasteiger partial charge is 0.412 e. The standard InChI is InChI=1S/C9H19NS2.C8H16N2S4.C2H5NO.Mn/c1-3-5-7-10(9(11)12)8-6-4-2;11-7(12)9-5-3-1-2-4-6-10-8(13)14;1-3-2-4-1;/h3-8H2,1-2H3,(H,11,12);1-6H2,(H2,9,11,12)(H2,10,13,14);3H,1-2H2;/q;;;+2/p-2. The van der Waals surface area contributed by atoms with E-state index in [1.807, 2.05) is 0 Å². The van der Waals surface area contributed by atoms with E-state index in [2.05, 4.69) is 39.4 Å². The Hall–Kier alpha value is 0.769. The number of rotatable bonds is 13. The van der Waals surface area contributed by atoms with Gasteiger partial charge in [0, 0.05) is 26.2 Å². The molecule has 0 aromatic rings. The first-order chi connectivity index (χ1) is 14.3.